The number of hydrogen-bond donors (Lipinski definition) is 2. The molecule has 1 unspecified atom stereocenters. The van der Waals surface area contributed by atoms with Gasteiger partial charge in [0.15, 0.2) is 0 Å². The lowest BCUT2D eigenvalue weighted by atomic mass is 10.0. The Bertz CT molecular complexity index is 679. The lowest BCUT2D eigenvalue weighted by Crippen LogP contribution is -2.21. The van der Waals surface area contributed by atoms with E-state index in [-0.39, 0.29) is 12.4 Å². The van der Waals surface area contributed by atoms with Crippen LogP contribution < -0.4 is 5.32 Å². The number of aliphatic hydroxyl groups excluding tert-OH is 1. The minimum atomic E-state index is -0.183. The summed E-state index contributed by atoms with van der Waals surface area (Å²) in [6.07, 6.45) is 6.82. The van der Waals surface area contributed by atoms with E-state index in [1.165, 1.54) is 23.3 Å². The maximum Gasteiger partial charge on any atom is 0.123 e. The highest BCUT2D eigenvalue weighted by Gasteiger charge is 2.21. The van der Waals surface area contributed by atoms with E-state index in [9.17, 15) is 4.39 Å². The second-order valence-corrected chi connectivity index (χ2v) is 5.97. The summed E-state index contributed by atoms with van der Waals surface area (Å²) < 4.78 is 12.9. The van der Waals surface area contributed by atoms with Gasteiger partial charge in [0.1, 0.15) is 5.82 Å². The molecular formula is C20H22FNO. The highest BCUT2D eigenvalue weighted by atomic mass is 19.1. The summed E-state index contributed by atoms with van der Waals surface area (Å²) in [6.45, 7) is 0.965. The largest absolute Gasteiger partial charge is 0.392 e. The van der Waals surface area contributed by atoms with Crippen molar-refractivity contribution in [2.75, 3.05) is 13.2 Å². The van der Waals surface area contributed by atoms with E-state index in [2.05, 4.69) is 23.5 Å². The van der Waals surface area contributed by atoms with Crippen LogP contribution in [0.2, 0.25) is 0 Å². The fraction of sp³-hybridized carbons (Fsp3) is 0.300. The predicted octanol–water partition coefficient (Wildman–Crippen LogP) is 3.65. The van der Waals surface area contributed by atoms with Crippen LogP contribution in [0.4, 0.5) is 4.39 Å². The predicted molar refractivity (Wildman–Crippen MR) is 91.7 cm³/mol. The van der Waals surface area contributed by atoms with Gasteiger partial charge >= 0.3 is 0 Å². The van der Waals surface area contributed by atoms with E-state index >= 15 is 0 Å². The third kappa shape index (κ3) is 4.06. The van der Waals surface area contributed by atoms with E-state index in [0.717, 1.165) is 36.9 Å². The van der Waals surface area contributed by atoms with Gasteiger partial charge in [-0.05, 0) is 60.2 Å². The van der Waals surface area contributed by atoms with Gasteiger partial charge in [-0.3, -0.25) is 0 Å². The number of aryl methyl sites for hydroxylation is 1. The van der Waals surface area contributed by atoms with Crippen molar-refractivity contribution in [1.29, 1.82) is 0 Å². The van der Waals surface area contributed by atoms with E-state index in [4.69, 9.17) is 5.11 Å². The summed E-state index contributed by atoms with van der Waals surface area (Å²) in [5.74, 6) is -0.183. The van der Waals surface area contributed by atoms with E-state index in [1.54, 1.807) is 6.08 Å². The summed E-state index contributed by atoms with van der Waals surface area (Å²) >= 11 is 0. The van der Waals surface area contributed by atoms with E-state index in [1.807, 2.05) is 18.2 Å². The standard InChI is InChI=1S/C20H22FNO/c21-18-7-3-15(4-8-18)11-12-22-20-10-6-17-14-16(2-1-13-23)5-9-19(17)20/h1-5,7-9,14,20,22-23H,6,10-13H2/b2-1+. The molecule has 1 aliphatic rings. The van der Waals surface area contributed by atoms with Gasteiger partial charge in [0, 0.05) is 6.04 Å². The molecule has 2 N–H and O–H groups in total. The molecule has 3 rings (SSSR count). The Kier molecular flexibility index (Phi) is 5.21. The zero-order chi connectivity index (χ0) is 16.1. The molecule has 0 amide bonds. The first kappa shape index (κ1) is 15.9. The highest BCUT2D eigenvalue weighted by molar-refractivity contribution is 5.53. The topological polar surface area (TPSA) is 32.3 Å². The number of fused-ring (bicyclic) bond motifs is 1. The third-order valence-corrected chi connectivity index (χ3v) is 4.38. The smallest absolute Gasteiger partial charge is 0.123 e. The van der Waals surface area contributed by atoms with Crippen molar-refractivity contribution in [2.24, 2.45) is 0 Å². The maximum atomic E-state index is 12.9. The molecule has 0 saturated heterocycles. The molecule has 120 valence electrons. The van der Waals surface area contributed by atoms with Crippen molar-refractivity contribution in [3.8, 4) is 0 Å². The number of nitrogens with one attached hydrogen (secondary N) is 1. The zero-order valence-electron chi connectivity index (χ0n) is 13.1. The van der Waals surface area contributed by atoms with Crippen molar-refractivity contribution in [3.05, 3.63) is 76.6 Å². The molecule has 2 aromatic carbocycles. The molecule has 0 heterocycles. The number of aliphatic hydroxyl groups is 1. The number of rotatable bonds is 6. The highest BCUT2D eigenvalue weighted by Crippen LogP contribution is 2.31. The quantitative estimate of drug-likeness (QED) is 0.853. The van der Waals surface area contributed by atoms with Gasteiger partial charge in [-0.2, -0.15) is 0 Å². The molecule has 0 saturated carbocycles. The Morgan fingerprint density at radius 1 is 1.17 bits per heavy atom. The summed E-state index contributed by atoms with van der Waals surface area (Å²) in [5.41, 5.74) is 5.07. The Labute approximate surface area is 136 Å². The molecular weight excluding hydrogens is 289 g/mol. The van der Waals surface area contributed by atoms with Crippen LogP contribution in [-0.2, 0) is 12.8 Å². The molecule has 3 heteroatoms. The molecule has 2 nitrogen and oxygen atoms in total. The van der Waals surface area contributed by atoms with Crippen molar-refractivity contribution in [1.82, 2.24) is 5.32 Å². The molecule has 1 aliphatic carbocycles. The van der Waals surface area contributed by atoms with Gasteiger partial charge in [0.05, 0.1) is 6.61 Å². The molecule has 23 heavy (non-hydrogen) atoms. The average Bonchev–Trinajstić information content (AvgIpc) is 2.97. The maximum absolute atomic E-state index is 12.9. The average molecular weight is 311 g/mol. The fourth-order valence-corrected chi connectivity index (χ4v) is 3.18. The Balaban J connectivity index is 1.57. The van der Waals surface area contributed by atoms with Crippen molar-refractivity contribution >= 4 is 6.08 Å². The van der Waals surface area contributed by atoms with Gasteiger partial charge in [-0.15, -0.1) is 0 Å². The van der Waals surface area contributed by atoms with Gasteiger partial charge < -0.3 is 10.4 Å². The monoisotopic (exact) mass is 311 g/mol. The Morgan fingerprint density at radius 2 is 2.00 bits per heavy atom. The first-order valence-electron chi connectivity index (χ1n) is 8.14. The second kappa shape index (κ2) is 7.53. The van der Waals surface area contributed by atoms with Crippen LogP contribution in [0.25, 0.3) is 6.08 Å². The molecule has 0 spiro atoms. The number of benzene rings is 2. The molecule has 0 bridgehead atoms. The third-order valence-electron chi connectivity index (χ3n) is 4.38. The zero-order valence-corrected chi connectivity index (χ0v) is 13.1. The van der Waals surface area contributed by atoms with E-state index in [0.29, 0.717) is 6.04 Å². The minimum Gasteiger partial charge on any atom is -0.392 e. The minimum absolute atomic E-state index is 0.0741. The molecule has 0 fully saturated rings. The second-order valence-electron chi connectivity index (χ2n) is 5.97. The van der Waals surface area contributed by atoms with Crippen LogP contribution in [0.1, 0.15) is 34.7 Å². The lowest BCUT2D eigenvalue weighted by molar-refractivity contribution is 0.343. The van der Waals surface area contributed by atoms with Crippen molar-refractivity contribution < 1.29 is 9.50 Å². The number of hydrogen-bond acceptors (Lipinski definition) is 2. The van der Waals surface area contributed by atoms with Gasteiger partial charge in [-0.25, -0.2) is 4.39 Å². The Hall–Kier alpha value is -1.97. The number of halogens is 1. The summed E-state index contributed by atoms with van der Waals surface area (Å²) in [5, 5.41) is 12.5. The Morgan fingerprint density at radius 3 is 2.78 bits per heavy atom. The summed E-state index contributed by atoms with van der Waals surface area (Å²) in [6, 6.07) is 13.6. The summed E-state index contributed by atoms with van der Waals surface area (Å²) in [7, 11) is 0. The van der Waals surface area contributed by atoms with Crippen LogP contribution in [0.3, 0.4) is 0 Å². The van der Waals surface area contributed by atoms with Gasteiger partial charge in [0.2, 0.25) is 0 Å². The van der Waals surface area contributed by atoms with Crippen LogP contribution in [-0.4, -0.2) is 18.3 Å². The first-order valence-corrected chi connectivity index (χ1v) is 8.14. The molecule has 0 radical (unpaired) electrons. The van der Waals surface area contributed by atoms with Crippen LogP contribution in [0.5, 0.6) is 0 Å². The summed E-state index contributed by atoms with van der Waals surface area (Å²) in [4.78, 5) is 0. The molecule has 2 aromatic rings. The normalized spacial score (nSPS) is 16.9. The molecule has 0 aromatic heterocycles. The molecule has 0 aliphatic heterocycles. The van der Waals surface area contributed by atoms with Gasteiger partial charge in [-0.1, -0.05) is 42.5 Å². The fourth-order valence-electron chi connectivity index (χ4n) is 3.18. The van der Waals surface area contributed by atoms with Gasteiger partial charge in [0.25, 0.3) is 0 Å². The van der Waals surface area contributed by atoms with Crippen molar-refractivity contribution in [3.63, 3.8) is 0 Å². The van der Waals surface area contributed by atoms with Crippen molar-refractivity contribution in [2.45, 2.75) is 25.3 Å². The SMILES string of the molecule is OC/C=C/c1ccc2c(c1)CCC2NCCc1ccc(F)cc1. The van der Waals surface area contributed by atoms with Crippen LogP contribution in [0, 0.1) is 5.82 Å². The lowest BCUT2D eigenvalue weighted by Gasteiger charge is -2.14. The van der Waals surface area contributed by atoms with Crippen LogP contribution >= 0.6 is 0 Å². The molecule has 1 atom stereocenters. The van der Waals surface area contributed by atoms with Crippen LogP contribution in [0.15, 0.2) is 48.5 Å². The first-order chi connectivity index (χ1) is 11.3. The van der Waals surface area contributed by atoms with E-state index < -0.39 is 0 Å².